The van der Waals surface area contributed by atoms with E-state index < -0.39 is 11.4 Å². The van der Waals surface area contributed by atoms with Crippen LogP contribution in [0, 0.1) is 20.8 Å². The van der Waals surface area contributed by atoms with Gasteiger partial charge in [-0.2, -0.15) is 0 Å². The summed E-state index contributed by atoms with van der Waals surface area (Å²) in [5, 5.41) is 12.8. The van der Waals surface area contributed by atoms with Crippen molar-refractivity contribution in [2.24, 2.45) is 7.05 Å². The monoisotopic (exact) mass is 288 g/mol. The lowest BCUT2D eigenvalue weighted by Gasteiger charge is -2.19. The van der Waals surface area contributed by atoms with Crippen LogP contribution in [0.3, 0.4) is 0 Å². The van der Waals surface area contributed by atoms with E-state index in [1.807, 2.05) is 27.8 Å². The first kappa shape index (κ1) is 15.3. The number of aromatic nitrogens is 1. The maximum atomic E-state index is 12.5. The highest BCUT2D eigenvalue weighted by Crippen LogP contribution is 2.27. The van der Waals surface area contributed by atoms with Gasteiger partial charge < -0.3 is 15.0 Å². The van der Waals surface area contributed by atoms with Crippen molar-refractivity contribution < 1.29 is 9.90 Å². The second-order valence-electron chi connectivity index (χ2n) is 5.40. The van der Waals surface area contributed by atoms with Gasteiger partial charge >= 0.3 is 5.97 Å². The van der Waals surface area contributed by atoms with Gasteiger partial charge in [-0.15, -0.1) is 0 Å². The standard InChI is InChI=1S/C16H20N2O3/c1-8-9(2)13-14(10(3)11(8)6-17-4)18(5)7-12(15(13)19)16(20)21/h7,17H,6H2,1-5H3,(H,20,21). The highest BCUT2D eigenvalue weighted by atomic mass is 16.4. The van der Waals surface area contributed by atoms with E-state index >= 15 is 0 Å². The smallest absolute Gasteiger partial charge is 0.341 e. The molecule has 0 atom stereocenters. The lowest BCUT2D eigenvalue weighted by Crippen LogP contribution is -2.21. The van der Waals surface area contributed by atoms with Crippen molar-refractivity contribution in [2.75, 3.05) is 7.05 Å². The van der Waals surface area contributed by atoms with Gasteiger partial charge in [0.15, 0.2) is 0 Å². The maximum absolute atomic E-state index is 12.5. The molecule has 5 heteroatoms. The fourth-order valence-corrected chi connectivity index (χ4v) is 2.97. The van der Waals surface area contributed by atoms with Crippen LogP contribution in [0.1, 0.15) is 32.6 Å². The fourth-order valence-electron chi connectivity index (χ4n) is 2.97. The van der Waals surface area contributed by atoms with Gasteiger partial charge in [-0.25, -0.2) is 4.79 Å². The molecule has 112 valence electrons. The van der Waals surface area contributed by atoms with Crippen molar-refractivity contribution >= 4 is 16.9 Å². The average molecular weight is 288 g/mol. The molecule has 0 fully saturated rings. The van der Waals surface area contributed by atoms with Gasteiger partial charge in [0.05, 0.1) is 10.9 Å². The van der Waals surface area contributed by atoms with Gasteiger partial charge in [-0.1, -0.05) is 0 Å². The highest BCUT2D eigenvalue weighted by Gasteiger charge is 2.19. The van der Waals surface area contributed by atoms with E-state index in [-0.39, 0.29) is 5.56 Å². The number of nitrogens with zero attached hydrogens (tertiary/aromatic N) is 1. The number of aromatic carboxylic acids is 1. The van der Waals surface area contributed by atoms with Crippen molar-refractivity contribution in [3.05, 3.63) is 44.2 Å². The first-order valence-electron chi connectivity index (χ1n) is 6.81. The van der Waals surface area contributed by atoms with Crippen LogP contribution in [0.25, 0.3) is 10.9 Å². The third-order valence-corrected chi connectivity index (χ3v) is 4.17. The SMILES string of the molecule is CNCc1c(C)c(C)c2c(=O)c(C(=O)O)cn(C)c2c1C. The molecule has 0 radical (unpaired) electrons. The van der Waals surface area contributed by atoms with Gasteiger partial charge in [0.2, 0.25) is 5.43 Å². The molecule has 0 aliphatic heterocycles. The van der Waals surface area contributed by atoms with Crippen LogP contribution in [-0.2, 0) is 13.6 Å². The number of carboxylic acids is 1. The van der Waals surface area contributed by atoms with Gasteiger partial charge in [-0.3, -0.25) is 4.79 Å². The molecule has 1 aromatic carbocycles. The Balaban J connectivity index is 3.07. The number of fused-ring (bicyclic) bond motifs is 1. The molecule has 0 aliphatic carbocycles. The third-order valence-electron chi connectivity index (χ3n) is 4.17. The molecule has 1 aromatic heterocycles. The van der Waals surface area contributed by atoms with Crippen molar-refractivity contribution in [3.8, 4) is 0 Å². The lowest BCUT2D eigenvalue weighted by atomic mass is 9.92. The van der Waals surface area contributed by atoms with E-state index in [2.05, 4.69) is 5.32 Å². The summed E-state index contributed by atoms with van der Waals surface area (Å²) in [5.41, 5.74) is 4.26. The summed E-state index contributed by atoms with van der Waals surface area (Å²) in [6, 6.07) is 0. The molecule has 0 amide bonds. The number of benzene rings is 1. The Kier molecular flexibility index (Phi) is 3.87. The summed E-state index contributed by atoms with van der Waals surface area (Å²) >= 11 is 0. The Labute approximate surface area is 123 Å². The predicted molar refractivity (Wildman–Crippen MR) is 83.1 cm³/mol. The summed E-state index contributed by atoms with van der Waals surface area (Å²) in [4.78, 5) is 23.8. The number of hydrogen-bond donors (Lipinski definition) is 2. The first-order chi connectivity index (χ1) is 9.81. The van der Waals surface area contributed by atoms with E-state index in [1.165, 1.54) is 6.20 Å². The Bertz CT molecular complexity index is 804. The average Bonchev–Trinajstić information content (AvgIpc) is 2.42. The second-order valence-corrected chi connectivity index (χ2v) is 5.40. The van der Waals surface area contributed by atoms with Crippen molar-refractivity contribution in [1.82, 2.24) is 9.88 Å². The van der Waals surface area contributed by atoms with Crippen molar-refractivity contribution in [3.63, 3.8) is 0 Å². The zero-order chi connectivity index (χ0) is 15.9. The minimum Gasteiger partial charge on any atom is -0.477 e. The van der Waals surface area contributed by atoms with Gasteiger partial charge in [0.1, 0.15) is 5.56 Å². The molecular weight excluding hydrogens is 268 g/mol. The summed E-state index contributed by atoms with van der Waals surface area (Å²) in [6.07, 6.45) is 1.40. The quantitative estimate of drug-likeness (QED) is 0.904. The minimum atomic E-state index is -1.19. The highest BCUT2D eigenvalue weighted by molar-refractivity contribution is 5.95. The van der Waals surface area contributed by atoms with Gasteiger partial charge in [0.25, 0.3) is 0 Å². The fraction of sp³-hybridized carbons (Fsp3) is 0.375. The molecule has 5 nitrogen and oxygen atoms in total. The number of carboxylic acid groups (broad SMARTS) is 1. The Hall–Kier alpha value is -2.14. The number of hydrogen-bond acceptors (Lipinski definition) is 3. The molecule has 0 saturated heterocycles. The molecule has 0 unspecified atom stereocenters. The van der Waals surface area contributed by atoms with Crippen molar-refractivity contribution in [2.45, 2.75) is 27.3 Å². The van der Waals surface area contributed by atoms with E-state index in [0.717, 1.165) is 27.8 Å². The summed E-state index contributed by atoms with van der Waals surface area (Å²) in [5.74, 6) is -1.19. The molecule has 2 rings (SSSR count). The summed E-state index contributed by atoms with van der Waals surface area (Å²) < 4.78 is 1.74. The largest absolute Gasteiger partial charge is 0.477 e. The van der Waals surface area contributed by atoms with Crippen LogP contribution in [0.5, 0.6) is 0 Å². The topological polar surface area (TPSA) is 71.3 Å². The number of carbonyl (C=O) groups is 1. The van der Waals surface area contributed by atoms with E-state index in [0.29, 0.717) is 11.9 Å². The zero-order valence-electron chi connectivity index (χ0n) is 13.0. The predicted octanol–water partition coefficient (Wildman–Crippen LogP) is 1.88. The molecule has 1 heterocycles. The normalized spacial score (nSPS) is 11.1. The summed E-state index contributed by atoms with van der Waals surface area (Å²) in [6.45, 7) is 6.54. The Morgan fingerprint density at radius 1 is 1.24 bits per heavy atom. The van der Waals surface area contributed by atoms with E-state index in [9.17, 15) is 14.7 Å². The molecule has 0 aliphatic rings. The molecule has 0 spiro atoms. The molecule has 0 bridgehead atoms. The van der Waals surface area contributed by atoms with Crippen molar-refractivity contribution in [1.29, 1.82) is 0 Å². The van der Waals surface area contributed by atoms with Crippen LogP contribution in [0.2, 0.25) is 0 Å². The van der Waals surface area contributed by atoms with Crippen LogP contribution >= 0.6 is 0 Å². The Morgan fingerprint density at radius 2 is 1.86 bits per heavy atom. The number of nitrogens with one attached hydrogen (secondary N) is 1. The molecule has 2 aromatic rings. The van der Waals surface area contributed by atoms with Crippen LogP contribution < -0.4 is 10.7 Å². The molecule has 0 saturated carbocycles. The number of aryl methyl sites for hydroxylation is 3. The Morgan fingerprint density at radius 3 is 2.38 bits per heavy atom. The zero-order valence-corrected chi connectivity index (χ0v) is 13.0. The molecular formula is C16H20N2O3. The number of rotatable bonds is 3. The first-order valence-corrected chi connectivity index (χ1v) is 6.81. The lowest BCUT2D eigenvalue weighted by molar-refractivity contribution is 0.0695. The van der Waals surface area contributed by atoms with E-state index in [1.54, 1.807) is 11.6 Å². The maximum Gasteiger partial charge on any atom is 0.341 e. The van der Waals surface area contributed by atoms with Crippen LogP contribution in [0.4, 0.5) is 0 Å². The minimum absolute atomic E-state index is 0.187. The molecule has 21 heavy (non-hydrogen) atoms. The summed E-state index contributed by atoms with van der Waals surface area (Å²) in [7, 11) is 3.66. The van der Waals surface area contributed by atoms with Crippen LogP contribution in [-0.4, -0.2) is 22.7 Å². The third kappa shape index (κ3) is 2.23. The number of pyridine rings is 1. The van der Waals surface area contributed by atoms with E-state index in [4.69, 9.17) is 0 Å². The van der Waals surface area contributed by atoms with Gasteiger partial charge in [0, 0.05) is 19.8 Å². The van der Waals surface area contributed by atoms with Crippen LogP contribution in [0.15, 0.2) is 11.0 Å². The molecule has 2 N–H and O–H groups in total. The van der Waals surface area contributed by atoms with Gasteiger partial charge in [-0.05, 0) is 50.1 Å². The second kappa shape index (κ2) is 5.33.